The van der Waals surface area contributed by atoms with E-state index < -0.39 is 97.6 Å². The molecule has 0 saturated carbocycles. The summed E-state index contributed by atoms with van der Waals surface area (Å²) in [6, 6.07) is 2.95. The van der Waals surface area contributed by atoms with Crippen LogP contribution in [0.2, 0.25) is 0 Å². The van der Waals surface area contributed by atoms with Gasteiger partial charge in [-0.25, -0.2) is 36.3 Å². The molecule has 0 unspecified atom stereocenters. The van der Waals surface area contributed by atoms with Crippen molar-refractivity contribution in [3.05, 3.63) is 67.1 Å². The van der Waals surface area contributed by atoms with Gasteiger partial charge in [-0.05, 0) is 0 Å². The minimum Gasteiger partial charge on any atom is -0.238 e. The summed E-state index contributed by atoms with van der Waals surface area (Å²) in [6.45, 7) is 13.9. The first-order valence-corrected chi connectivity index (χ1v) is 10.8. The highest BCUT2D eigenvalue weighted by Gasteiger charge is 2.31. The second kappa shape index (κ2) is 7.89. The van der Waals surface area contributed by atoms with Gasteiger partial charge in [0.25, 0.3) is 0 Å². The van der Waals surface area contributed by atoms with Crippen LogP contribution in [0.25, 0.3) is 63.1 Å². The largest absolute Gasteiger partial charge is 0.555 e. The van der Waals surface area contributed by atoms with Crippen LogP contribution in [0.1, 0.15) is 0 Å². The fraction of sp³-hybridized carbons (Fsp3) is 0. The number of nitrogens with zero attached hydrogens (tertiary/aromatic N) is 6. The van der Waals surface area contributed by atoms with E-state index in [0.717, 1.165) is 0 Å². The summed E-state index contributed by atoms with van der Waals surface area (Å²) < 4.78 is 90.4. The van der Waals surface area contributed by atoms with Crippen molar-refractivity contribution >= 4 is 76.0 Å². The smallest absolute Gasteiger partial charge is 0.238 e. The Labute approximate surface area is 202 Å². The molecule has 0 atom stereocenters. The fourth-order valence-electron chi connectivity index (χ4n) is 3.66. The Balaban J connectivity index is 2.10. The van der Waals surface area contributed by atoms with Gasteiger partial charge in [-0.1, -0.05) is 0 Å². The van der Waals surface area contributed by atoms with Crippen molar-refractivity contribution in [3.8, 4) is 12.1 Å². The fourth-order valence-corrected chi connectivity index (χ4v) is 5.54. The van der Waals surface area contributed by atoms with Crippen LogP contribution in [-0.2, 0) is 0 Å². The lowest BCUT2D eigenvalue weighted by atomic mass is 9.99. The number of halogens is 6. The molecule has 0 N–H and O–H groups in total. The van der Waals surface area contributed by atoms with Crippen molar-refractivity contribution in [1.29, 1.82) is 10.5 Å². The van der Waals surface area contributed by atoms with Gasteiger partial charge in [0.05, 0.1) is 30.9 Å². The maximum Gasteiger partial charge on any atom is 0.555 e. The van der Waals surface area contributed by atoms with E-state index in [0.29, 0.717) is 22.7 Å². The van der Waals surface area contributed by atoms with E-state index >= 15 is 26.3 Å². The Kier molecular flexibility index (Phi) is 5.04. The number of hydrogen-bond donors (Lipinski definition) is 0. The number of fused-ring (bicyclic) bond motifs is 4. The quantitative estimate of drug-likeness (QED) is 0.159. The van der Waals surface area contributed by atoms with E-state index in [-0.39, 0.29) is 0 Å². The van der Waals surface area contributed by atoms with Crippen molar-refractivity contribution in [3.63, 3.8) is 0 Å². The molecule has 36 heavy (non-hydrogen) atoms. The van der Waals surface area contributed by atoms with Gasteiger partial charge in [-0.3, -0.25) is 0 Å². The van der Waals surface area contributed by atoms with Crippen molar-refractivity contribution in [2.24, 2.45) is 0 Å². The van der Waals surface area contributed by atoms with Gasteiger partial charge in [0.1, 0.15) is 52.6 Å². The highest BCUT2D eigenvalue weighted by Crippen LogP contribution is 2.42. The third kappa shape index (κ3) is 2.80. The van der Waals surface area contributed by atoms with Crippen LogP contribution < -0.4 is 9.33 Å². The summed E-state index contributed by atoms with van der Waals surface area (Å²) in [7, 11) is 0. The maximum absolute atomic E-state index is 15.5. The molecule has 0 aliphatic rings. The molecule has 6 nitrogen and oxygen atoms in total. The van der Waals surface area contributed by atoms with Gasteiger partial charge >= 0.3 is 5.82 Å². The van der Waals surface area contributed by atoms with Crippen molar-refractivity contribution in [2.45, 2.75) is 0 Å². The number of nitriles is 2. The molecule has 0 spiro atoms. The molecular weight excluding hydrogens is 526 g/mol. The van der Waals surface area contributed by atoms with Crippen LogP contribution in [0.5, 0.6) is 0 Å². The predicted molar refractivity (Wildman–Crippen MR) is 118 cm³/mol. The van der Waals surface area contributed by atoms with E-state index in [1.54, 1.807) is 0 Å². The number of rotatable bonds is 0. The molecule has 5 rings (SSSR count). The summed E-state index contributed by atoms with van der Waals surface area (Å²) >= 11 is 0.646. The Bertz CT molecular complexity index is 1870. The molecule has 3 aromatic carbocycles. The molecule has 5 aromatic rings. The predicted octanol–water partition coefficient (Wildman–Crippen LogP) is 5.15. The molecule has 0 amide bonds. The Morgan fingerprint density at radius 3 is 1.44 bits per heavy atom. The first-order chi connectivity index (χ1) is 17.2. The minimum atomic E-state index is -1.83. The van der Waals surface area contributed by atoms with Gasteiger partial charge < -0.3 is 0 Å². The SMILES string of the molecule is [C-]#[N+]C([N+]#[C-])=c1nc2c(F)c3c(F)c4c(F)c5sc(=C(C#N)C#N)nc5c(F)c4c(F)c3c(F)c2s1. The molecular formula is C22F6N6S2. The van der Waals surface area contributed by atoms with Gasteiger partial charge in [0, 0.05) is 0 Å². The van der Waals surface area contributed by atoms with Gasteiger partial charge in [-0.15, -0.1) is 22.7 Å². The lowest BCUT2D eigenvalue weighted by molar-refractivity contribution is 0.580. The van der Waals surface area contributed by atoms with E-state index in [4.69, 9.17) is 23.7 Å². The zero-order valence-corrected chi connectivity index (χ0v) is 18.4. The maximum atomic E-state index is 15.5. The van der Waals surface area contributed by atoms with Crippen LogP contribution in [-0.4, -0.2) is 9.97 Å². The first kappa shape index (κ1) is 23.0. The summed E-state index contributed by atoms with van der Waals surface area (Å²) in [5.41, 5.74) is -2.28. The average Bonchev–Trinajstić information content (AvgIpc) is 3.50. The summed E-state index contributed by atoms with van der Waals surface area (Å²) in [4.78, 5) is 13.1. The monoisotopic (exact) mass is 526 g/mol. The molecule has 14 heteroatoms. The van der Waals surface area contributed by atoms with Crippen molar-refractivity contribution < 1.29 is 26.3 Å². The number of thiazole rings is 2. The highest BCUT2D eigenvalue weighted by atomic mass is 32.1. The summed E-state index contributed by atoms with van der Waals surface area (Å²) in [6.07, 6.45) is 0. The summed E-state index contributed by atoms with van der Waals surface area (Å²) in [5.74, 6) is -10.6. The number of benzene rings is 3. The lowest BCUT2D eigenvalue weighted by Crippen LogP contribution is -2.03. The molecule has 0 aliphatic heterocycles. The molecule has 172 valence electrons. The van der Waals surface area contributed by atoms with Gasteiger partial charge in [-0.2, -0.15) is 20.2 Å². The topological polar surface area (TPSA) is 82.1 Å². The normalized spacial score (nSPS) is 10.9. The van der Waals surface area contributed by atoms with E-state index in [1.807, 2.05) is 0 Å². The lowest BCUT2D eigenvalue weighted by Gasteiger charge is -2.11. The third-order valence-electron chi connectivity index (χ3n) is 5.17. The van der Waals surface area contributed by atoms with E-state index in [2.05, 4.69) is 19.7 Å². The molecule has 0 fully saturated rings. The zero-order valence-electron chi connectivity index (χ0n) is 16.8. The van der Waals surface area contributed by atoms with Gasteiger partial charge in [0.15, 0.2) is 28.8 Å². The molecule has 0 saturated heterocycles. The molecule has 0 aliphatic carbocycles. The Morgan fingerprint density at radius 2 is 1.03 bits per heavy atom. The molecule has 2 heterocycles. The van der Waals surface area contributed by atoms with Crippen LogP contribution in [0.4, 0.5) is 26.3 Å². The standard InChI is InChI=1S/C22F6N6S2/c1-31-20(32-2)22-34-17-13(26)7-9(15(28)19(17)36-22)10(23)6-8(11(7)24)14(27)18-16(12(6)25)33-21(35-18)5(3-29)4-30. The second-order valence-electron chi connectivity index (χ2n) is 6.92. The summed E-state index contributed by atoms with van der Waals surface area (Å²) in [5, 5.41) is 12.6. The third-order valence-corrected chi connectivity index (χ3v) is 7.27. The van der Waals surface area contributed by atoms with Crippen LogP contribution in [0.15, 0.2) is 0 Å². The first-order valence-electron chi connectivity index (χ1n) is 9.19. The molecule has 0 radical (unpaired) electrons. The van der Waals surface area contributed by atoms with Crippen LogP contribution in [0, 0.1) is 70.7 Å². The Hall–Kier alpha value is -4.76. The van der Waals surface area contributed by atoms with E-state index in [9.17, 15) is 0 Å². The zero-order chi connectivity index (χ0) is 26.0. The molecule has 2 aromatic heterocycles. The van der Waals surface area contributed by atoms with Crippen LogP contribution in [0.3, 0.4) is 0 Å². The van der Waals surface area contributed by atoms with Crippen LogP contribution >= 0.6 is 22.7 Å². The average molecular weight is 526 g/mol. The van der Waals surface area contributed by atoms with Gasteiger partial charge in [0.2, 0.25) is 4.66 Å². The molecule has 0 bridgehead atoms. The minimum absolute atomic E-state index is 0.317. The van der Waals surface area contributed by atoms with Crippen molar-refractivity contribution in [1.82, 2.24) is 9.97 Å². The number of hydrogen-bond acceptors (Lipinski definition) is 6. The van der Waals surface area contributed by atoms with Crippen molar-refractivity contribution in [2.75, 3.05) is 0 Å². The Morgan fingerprint density at radius 1 is 0.639 bits per heavy atom. The van der Waals surface area contributed by atoms with E-state index in [1.165, 1.54) is 12.1 Å². The highest BCUT2D eigenvalue weighted by molar-refractivity contribution is 7.17. The second-order valence-corrected chi connectivity index (χ2v) is 8.92. The number of aromatic nitrogens is 2.